The zero-order chi connectivity index (χ0) is 14.0. The van der Waals surface area contributed by atoms with E-state index < -0.39 is 0 Å². The first-order valence-corrected chi connectivity index (χ1v) is 7.23. The van der Waals surface area contributed by atoms with Gasteiger partial charge < -0.3 is 4.74 Å². The Labute approximate surface area is 116 Å². The van der Waals surface area contributed by atoms with E-state index in [0.29, 0.717) is 22.8 Å². The lowest BCUT2D eigenvalue weighted by Gasteiger charge is -2.03. The Kier molecular flexibility index (Phi) is 4.09. The van der Waals surface area contributed by atoms with Crippen LogP contribution in [0.4, 0.5) is 0 Å². The van der Waals surface area contributed by atoms with Crippen LogP contribution in [0.3, 0.4) is 0 Å². The van der Waals surface area contributed by atoms with Crippen molar-refractivity contribution in [2.75, 3.05) is 12.4 Å². The lowest BCUT2D eigenvalue weighted by Crippen LogP contribution is -2.07. The molecule has 0 radical (unpaired) electrons. The van der Waals surface area contributed by atoms with E-state index in [1.807, 2.05) is 26.8 Å². The number of carbonyl (C=O) groups is 1. The normalized spacial score (nSPS) is 10.9. The number of carbonyl (C=O) groups excluding carboxylic acids is 1. The quantitative estimate of drug-likeness (QED) is 0.636. The second-order valence-electron chi connectivity index (χ2n) is 4.11. The van der Waals surface area contributed by atoms with Crippen LogP contribution in [0.15, 0.2) is 11.1 Å². The first kappa shape index (κ1) is 13.9. The first-order valence-electron chi connectivity index (χ1n) is 6.25. The number of esters is 1. The molecule has 0 spiro atoms. The molecule has 0 aliphatic carbocycles. The highest BCUT2D eigenvalue weighted by atomic mass is 32.2. The van der Waals surface area contributed by atoms with Gasteiger partial charge in [-0.25, -0.2) is 14.3 Å². The van der Waals surface area contributed by atoms with Crippen molar-refractivity contribution in [3.8, 4) is 0 Å². The van der Waals surface area contributed by atoms with Crippen molar-refractivity contribution in [3.05, 3.63) is 23.0 Å². The first-order chi connectivity index (χ1) is 9.08. The summed E-state index contributed by atoms with van der Waals surface area (Å²) >= 11 is 1.52. The number of aromatic nitrogens is 3. The SMILES string of the molecule is CCOC(=O)c1c(SCC)nn2c(C)cc(C)nc12. The molecular weight excluding hydrogens is 262 g/mol. The summed E-state index contributed by atoms with van der Waals surface area (Å²) in [5, 5.41) is 5.15. The molecule has 2 heterocycles. The van der Waals surface area contributed by atoms with E-state index >= 15 is 0 Å². The number of thioether (sulfide) groups is 1. The van der Waals surface area contributed by atoms with Crippen molar-refractivity contribution in [2.45, 2.75) is 32.7 Å². The highest BCUT2D eigenvalue weighted by Gasteiger charge is 2.23. The Hall–Kier alpha value is -1.56. The van der Waals surface area contributed by atoms with E-state index in [1.165, 1.54) is 11.8 Å². The van der Waals surface area contributed by atoms with Gasteiger partial charge in [-0.1, -0.05) is 6.92 Å². The fraction of sp³-hybridized carbons (Fsp3) is 0.462. The maximum atomic E-state index is 12.1. The number of ether oxygens (including phenoxy) is 1. The molecule has 0 amide bonds. The van der Waals surface area contributed by atoms with E-state index in [2.05, 4.69) is 10.1 Å². The molecule has 0 unspecified atom stereocenters. The lowest BCUT2D eigenvalue weighted by atomic mass is 10.3. The van der Waals surface area contributed by atoms with Crippen molar-refractivity contribution >= 4 is 23.4 Å². The van der Waals surface area contributed by atoms with E-state index in [4.69, 9.17) is 4.74 Å². The van der Waals surface area contributed by atoms with Gasteiger partial charge >= 0.3 is 5.97 Å². The molecule has 102 valence electrons. The van der Waals surface area contributed by atoms with Crippen LogP contribution in [0.2, 0.25) is 0 Å². The van der Waals surface area contributed by atoms with Gasteiger partial charge in [-0.3, -0.25) is 0 Å². The average molecular weight is 279 g/mol. The van der Waals surface area contributed by atoms with Gasteiger partial charge in [0.05, 0.1) is 6.61 Å². The van der Waals surface area contributed by atoms with Crippen LogP contribution in [0.25, 0.3) is 5.65 Å². The van der Waals surface area contributed by atoms with Gasteiger partial charge in [0.2, 0.25) is 0 Å². The molecule has 6 heteroatoms. The molecule has 0 atom stereocenters. The molecular formula is C13H17N3O2S. The molecule has 2 aromatic heterocycles. The zero-order valence-electron chi connectivity index (χ0n) is 11.6. The Morgan fingerprint density at radius 3 is 2.79 bits per heavy atom. The summed E-state index contributed by atoms with van der Waals surface area (Å²) in [6.45, 7) is 8.01. The second kappa shape index (κ2) is 5.61. The maximum absolute atomic E-state index is 12.1. The molecule has 0 aromatic carbocycles. The van der Waals surface area contributed by atoms with E-state index in [0.717, 1.165) is 17.1 Å². The molecule has 5 nitrogen and oxygen atoms in total. The second-order valence-corrected chi connectivity index (χ2v) is 5.36. The molecule has 0 N–H and O–H groups in total. The van der Waals surface area contributed by atoms with Gasteiger partial charge in [-0.15, -0.1) is 11.8 Å². The standard InChI is InChI=1S/C13H17N3O2S/c1-5-18-13(17)10-11-14-8(3)7-9(4)16(11)15-12(10)19-6-2/h7H,5-6H2,1-4H3. The predicted octanol–water partition coefficient (Wildman–Crippen LogP) is 2.63. The number of aryl methyl sites for hydroxylation is 2. The van der Waals surface area contributed by atoms with Crippen LogP contribution in [-0.2, 0) is 4.74 Å². The predicted molar refractivity (Wildman–Crippen MR) is 74.8 cm³/mol. The number of nitrogens with zero attached hydrogens (tertiary/aromatic N) is 3. The highest BCUT2D eigenvalue weighted by molar-refractivity contribution is 7.99. The Bertz CT molecular complexity index is 622. The van der Waals surface area contributed by atoms with E-state index in [9.17, 15) is 4.79 Å². The lowest BCUT2D eigenvalue weighted by molar-refractivity contribution is 0.0524. The molecule has 0 aliphatic heterocycles. The van der Waals surface area contributed by atoms with Crippen molar-refractivity contribution in [1.82, 2.24) is 14.6 Å². The van der Waals surface area contributed by atoms with E-state index in [-0.39, 0.29) is 5.97 Å². The third-order valence-electron chi connectivity index (χ3n) is 2.62. The summed E-state index contributed by atoms with van der Waals surface area (Å²) in [5.41, 5.74) is 2.87. The summed E-state index contributed by atoms with van der Waals surface area (Å²) in [6.07, 6.45) is 0. The zero-order valence-corrected chi connectivity index (χ0v) is 12.4. The summed E-state index contributed by atoms with van der Waals surface area (Å²) in [6, 6.07) is 1.94. The van der Waals surface area contributed by atoms with Crippen LogP contribution in [0.5, 0.6) is 0 Å². The molecule has 0 bridgehead atoms. The van der Waals surface area contributed by atoms with Crippen LogP contribution in [0.1, 0.15) is 35.6 Å². The van der Waals surface area contributed by atoms with Gasteiger partial charge in [0.15, 0.2) is 5.65 Å². The van der Waals surface area contributed by atoms with Gasteiger partial charge in [-0.05, 0) is 32.6 Å². The maximum Gasteiger partial charge on any atom is 0.344 e. The topological polar surface area (TPSA) is 56.5 Å². The molecule has 0 saturated heterocycles. The molecule has 0 saturated carbocycles. The largest absolute Gasteiger partial charge is 0.462 e. The molecule has 0 aliphatic rings. The number of fused-ring (bicyclic) bond motifs is 1. The summed E-state index contributed by atoms with van der Waals surface area (Å²) in [5.74, 6) is 0.486. The van der Waals surface area contributed by atoms with Gasteiger partial charge in [0.1, 0.15) is 10.6 Å². The molecule has 2 aromatic rings. The molecule has 2 rings (SSSR count). The fourth-order valence-electron chi connectivity index (χ4n) is 1.92. The van der Waals surface area contributed by atoms with Gasteiger partial charge in [-0.2, -0.15) is 5.10 Å². The fourth-order valence-corrected chi connectivity index (χ4v) is 2.65. The minimum Gasteiger partial charge on any atom is -0.462 e. The molecule has 0 fully saturated rings. The van der Waals surface area contributed by atoms with Gasteiger partial charge in [0.25, 0.3) is 0 Å². The number of hydrogen-bond acceptors (Lipinski definition) is 5. The van der Waals surface area contributed by atoms with Crippen molar-refractivity contribution in [1.29, 1.82) is 0 Å². The van der Waals surface area contributed by atoms with Crippen LogP contribution < -0.4 is 0 Å². The average Bonchev–Trinajstić information content (AvgIpc) is 2.68. The van der Waals surface area contributed by atoms with Crippen molar-refractivity contribution < 1.29 is 9.53 Å². The Balaban J connectivity index is 2.68. The van der Waals surface area contributed by atoms with E-state index in [1.54, 1.807) is 11.4 Å². The minimum absolute atomic E-state index is 0.344. The summed E-state index contributed by atoms with van der Waals surface area (Å²) in [4.78, 5) is 16.5. The monoisotopic (exact) mass is 279 g/mol. The smallest absolute Gasteiger partial charge is 0.344 e. The summed E-state index contributed by atoms with van der Waals surface area (Å²) in [7, 11) is 0. The minimum atomic E-state index is -0.356. The summed E-state index contributed by atoms with van der Waals surface area (Å²) < 4.78 is 6.82. The Morgan fingerprint density at radius 2 is 2.16 bits per heavy atom. The third kappa shape index (κ3) is 2.58. The highest BCUT2D eigenvalue weighted by Crippen LogP contribution is 2.26. The molecule has 19 heavy (non-hydrogen) atoms. The van der Waals surface area contributed by atoms with Crippen LogP contribution in [-0.4, -0.2) is 32.9 Å². The van der Waals surface area contributed by atoms with Crippen molar-refractivity contribution in [3.63, 3.8) is 0 Å². The van der Waals surface area contributed by atoms with Crippen molar-refractivity contribution in [2.24, 2.45) is 0 Å². The number of rotatable bonds is 4. The third-order valence-corrected chi connectivity index (χ3v) is 3.47. The Morgan fingerprint density at radius 1 is 1.42 bits per heavy atom. The van der Waals surface area contributed by atoms with Crippen LogP contribution in [0, 0.1) is 13.8 Å². The van der Waals surface area contributed by atoms with Gasteiger partial charge in [0, 0.05) is 11.4 Å². The van der Waals surface area contributed by atoms with Crippen LogP contribution >= 0.6 is 11.8 Å². The number of hydrogen-bond donors (Lipinski definition) is 0.